The number of rotatable bonds is 0. The van der Waals surface area contributed by atoms with E-state index < -0.39 is 0 Å². The molecule has 0 aromatic heterocycles. The van der Waals surface area contributed by atoms with Crippen LogP contribution in [0.2, 0.25) is 0 Å². The van der Waals surface area contributed by atoms with E-state index in [0.717, 1.165) is 5.92 Å². The molecule has 1 fully saturated rings. The summed E-state index contributed by atoms with van der Waals surface area (Å²) in [6, 6.07) is 0. The fourth-order valence-electron chi connectivity index (χ4n) is 0.852. The van der Waals surface area contributed by atoms with Crippen LogP contribution in [0.25, 0.3) is 0 Å². The summed E-state index contributed by atoms with van der Waals surface area (Å²) in [5.41, 5.74) is 0. The van der Waals surface area contributed by atoms with Crippen LogP contribution >= 0.6 is 24.4 Å². The SMILES string of the molecule is CC1CCSC1(C)S. The van der Waals surface area contributed by atoms with Crippen LogP contribution in [0.1, 0.15) is 20.3 Å². The van der Waals surface area contributed by atoms with Crippen LogP contribution in [-0.2, 0) is 0 Å². The van der Waals surface area contributed by atoms with Crippen LogP contribution in [-0.4, -0.2) is 9.83 Å². The third-order valence-electron chi connectivity index (χ3n) is 1.86. The average Bonchev–Trinajstić information content (AvgIpc) is 1.86. The van der Waals surface area contributed by atoms with E-state index in [1.165, 1.54) is 12.2 Å². The summed E-state index contributed by atoms with van der Waals surface area (Å²) in [5, 5.41) is 0. The molecular weight excluding hydrogens is 136 g/mol. The largest absolute Gasteiger partial charge is 0.162 e. The summed E-state index contributed by atoms with van der Waals surface area (Å²) in [6.45, 7) is 4.48. The first-order valence-electron chi connectivity index (χ1n) is 2.99. The molecule has 1 rings (SSSR count). The summed E-state index contributed by atoms with van der Waals surface area (Å²) < 4.78 is 0.264. The van der Waals surface area contributed by atoms with E-state index in [4.69, 9.17) is 0 Å². The molecule has 0 aliphatic carbocycles. The molecule has 8 heavy (non-hydrogen) atoms. The quantitative estimate of drug-likeness (QED) is 0.515. The van der Waals surface area contributed by atoms with Crippen molar-refractivity contribution in [3.63, 3.8) is 0 Å². The van der Waals surface area contributed by atoms with Crippen molar-refractivity contribution >= 4 is 24.4 Å². The number of hydrogen-bond acceptors (Lipinski definition) is 2. The molecule has 1 aliphatic heterocycles. The van der Waals surface area contributed by atoms with Gasteiger partial charge in [-0.25, -0.2) is 0 Å². The zero-order valence-electron chi connectivity index (χ0n) is 5.35. The van der Waals surface area contributed by atoms with E-state index in [2.05, 4.69) is 26.5 Å². The third-order valence-corrected chi connectivity index (χ3v) is 4.11. The summed E-state index contributed by atoms with van der Waals surface area (Å²) in [5.74, 6) is 2.08. The van der Waals surface area contributed by atoms with Gasteiger partial charge in [0.15, 0.2) is 0 Å². The van der Waals surface area contributed by atoms with Gasteiger partial charge in [0.25, 0.3) is 0 Å². The standard InChI is InChI=1S/C6H12S2/c1-5-3-4-8-6(5,2)7/h5,7H,3-4H2,1-2H3. The molecule has 0 aromatic rings. The molecule has 2 atom stereocenters. The fourth-order valence-corrected chi connectivity index (χ4v) is 2.54. The molecule has 0 bridgehead atoms. The second kappa shape index (κ2) is 2.14. The van der Waals surface area contributed by atoms with Crippen molar-refractivity contribution in [2.24, 2.45) is 5.92 Å². The van der Waals surface area contributed by atoms with Crippen LogP contribution in [0.15, 0.2) is 0 Å². The van der Waals surface area contributed by atoms with Crippen LogP contribution in [0.3, 0.4) is 0 Å². The Morgan fingerprint density at radius 1 is 1.75 bits per heavy atom. The molecule has 0 aromatic carbocycles. The highest BCUT2D eigenvalue weighted by atomic mass is 32.2. The summed E-state index contributed by atoms with van der Waals surface area (Å²) in [4.78, 5) is 0. The molecule has 0 amide bonds. The Kier molecular flexibility index (Phi) is 1.83. The Morgan fingerprint density at radius 3 is 2.50 bits per heavy atom. The average molecular weight is 148 g/mol. The maximum absolute atomic E-state index is 4.51. The molecule has 1 heterocycles. The Labute approximate surface area is 60.8 Å². The topological polar surface area (TPSA) is 0 Å². The highest BCUT2D eigenvalue weighted by Gasteiger charge is 2.32. The van der Waals surface area contributed by atoms with E-state index in [-0.39, 0.29) is 4.08 Å². The molecular formula is C6H12S2. The summed E-state index contributed by atoms with van der Waals surface area (Å²) in [6.07, 6.45) is 1.34. The molecule has 1 aliphatic rings. The van der Waals surface area contributed by atoms with Crippen molar-refractivity contribution in [3.8, 4) is 0 Å². The first-order chi connectivity index (χ1) is 3.63. The first-order valence-corrected chi connectivity index (χ1v) is 4.42. The lowest BCUT2D eigenvalue weighted by Crippen LogP contribution is -2.14. The van der Waals surface area contributed by atoms with Gasteiger partial charge in [0, 0.05) is 0 Å². The van der Waals surface area contributed by atoms with Crippen molar-refractivity contribution in [3.05, 3.63) is 0 Å². The van der Waals surface area contributed by atoms with Crippen LogP contribution in [0.4, 0.5) is 0 Å². The van der Waals surface area contributed by atoms with E-state index in [1.54, 1.807) is 0 Å². The van der Waals surface area contributed by atoms with Gasteiger partial charge in [-0.3, -0.25) is 0 Å². The Bertz CT molecular complexity index is 88.5. The number of hydrogen-bond donors (Lipinski definition) is 1. The van der Waals surface area contributed by atoms with E-state index in [1.807, 2.05) is 11.8 Å². The Hall–Kier alpha value is 0.700. The first kappa shape index (κ1) is 6.81. The van der Waals surface area contributed by atoms with Gasteiger partial charge in [0.1, 0.15) is 0 Å². The minimum absolute atomic E-state index is 0.264. The molecule has 2 unspecified atom stereocenters. The molecule has 0 N–H and O–H groups in total. The second-order valence-electron chi connectivity index (χ2n) is 2.59. The molecule has 1 saturated heterocycles. The number of thioether (sulfide) groups is 1. The molecule has 0 spiro atoms. The normalized spacial score (nSPS) is 47.6. The monoisotopic (exact) mass is 148 g/mol. The zero-order valence-corrected chi connectivity index (χ0v) is 7.06. The zero-order chi connectivity index (χ0) is 6.20. The van der Waals surface area contributed by atoms with Gasteiger partial charge in [-0.2, -0.15) is 12.6 Å². The second-order valence-corrected chi connectivity index (χ2v) is 5.37. The van der Waals surface area contributed by atoms with E-state index in [9.17, 15) is 0 Å². The van der Waals surface area contributed by atoms with Gasteiger partial charge in [-0.05, 0) is 25.0 Å². The Morgan fingerprint density at radius 2 is 2.38 bits per heavy atom. The van der Waals surface area contributed by atoms with Crippen molar-refractivity contribution in [2.75, 3.05) is 5.75 Å². The highest BCUT2D eigenvalue weighted by molar-refractivity contribution is 8.11. The van der Waals surface area contributed by atoms with Crippen LogP contribution in [0.5, 0.6) is 0 Å². The third kappa shape index (κ3) is 1.16. The van der Waals surface area contributed by atoms with E-state index >= 15 is 0 Å². The predicted molar refractivity (Wildman–Crippen MR) is 43.6 cm³/mol. The minimum atomic E-state index is 0.264. The molecule has 0 saturated carbocycles. The lowest BCUT2D eigenvalue weighted by atomic mass is 10.1. The van der Waals surface area contributed by atoms with E-state index in [0.29, 0.717) is 0 Å². The fraction of sp³-hybridized carbons (Fsp3) is 1.00. The Balaban J connectivity index is 2.54. The molecule has 0 radical (unpaired) electrons. The van der Waals surface area contributed by atoms with Gasteiger partial charge >= 0.3 is 0 Å². The molecule has 2 heteroatoms. The highest BCUT2D eigenvalue weighted by Crippen LogP contribution is 2.44. The lowest BCUT2D eigenvalue weighted by Gasteiger charge is -2.20. The van der Waals surface area contributed by atoms with Crippen molar-refractivity contribution in [2.45, 2.75) is 24.3 Å². The number of thiol groups is 1. The smallest absolute Gasteiger partial charge is 0.0579 e. The predicted octanol–water partition coefficient (Wildman–Crippen LogP) is 2.41. The summed E-state index contributed by atoms with van der Waals surface area (Å²) >= 11 is 6.48. The van der Waals surface area contributed by atoms with Crippen LogP contribution in [0, 0.1) is 5.92 Å². The van der Waals surface area contributed by atoms with Gasteiger partial charge < -0.3 is 0 Å². The maximum atomic E-state index is 4.51. The lowest BCUT2D eigenvalue weighted by molar-refractivity contribution is 0.563. The van der Waals surface area contributed by atoms with Gasteiger partial charge in [0.05, 0.1) is 4.08 Å². The molecule has 0 nitrogen and oxygen atoms in total. The molecule has 48 valence electrons. The maximum Gasteiger partial charge on any atom is 0.0579 e. The van der Waals surface area contributed by atoms with Gasteiger partial charge in [0.2, 0.25) is 0 Å². The van der Waals surface area contributed by atoms with Crippen LogP contribution < -0.4 is 0 Å². The van der Waals surface area contributed by atoms with Gasteiger partial charge in [-0.1, -0.05) is 6.92 Å². The minimum Gasteiger partial charge on any atom is -0.162 e. The van der Waals surface area contributed by atoms with Crippen molar-refractivity contribution < 1.29 is 0 Å². The van der Waals surface area contributed by atoms with Crippen molar-refractivity contribution in [1.29, 1.82) is 0 Å². The van der Waals surface area contributed by atoms with Gasteiger partial charge in [-0.15, -0.1) is 11.8 Å². The van der Waals surface area contributed by atoms with Crippen molar-refractivity contribution in [1.82, 2.24) is 0 Å². The summed E-state index contributed by atoms with van der Waals surface area (Å²) in [7, 11) is 0.